The summed E-state index contributed by atoms with van der Waals surface area (Å²) in [7, 11) is 0. The molecule has 2 aromatic rings. The van der Waals surface area contributed by atoms with Gasteiger partial charge in [-0.3, -0.25) is 29.0 Å². The van der Waals surface area contributed by atoms with Crippen LogP contribution in [0.25, 0.3) is 5.65 Å². The summed E-state index contributed by atoms with van der Waals surface area (Å²) in [5, 5.41) is 14.2. The van der Waals surface area contributed by atoms with Gasteiger partial charge in [0.2, 0.25) is 11.7 Å². The number of anilines is 1. The molecule has 10 nitrogen and oxygen atoms in total. The van der Waals surface area contributed by atoms with Gasteiger partial charge in [-0.15, -0.1) is 6.42 Å². The SMILES string of the molecule is C#CCNC(=O)CN1CCCN(c2nc3ccccn3c(=O)c2[N+](=O)[O-])CC1. The number of hydrogen-bond donors (Lipinski definition) is 1. The van der Waals surface area contributed by atoms with Crippen molar-refractivity contribution in [1.82, 2.24) is 19.6 Å². The molecule has 1 N–H and O–H groups in total. The van der Waals surface area contributed by atoms with E-state index in [0.717, 1.165) is 0 Å². The zero-order valence-corrected chi connectivity index (χ0v) is 15.2. The lowest BCUT2D eigenvalue weighted by molar-refractivity contribution is -0.385. The molecule has 0 aliphatic carbocycles. The number of fused-ring (bicyclic) bond motifs is 1. The molecule has 3 rings (SSSR count). The van der Waals surface area contributed by atoms with Crippen LogP contribution in [0.5, 0.6) is 0 Å². The molecule has 3 heterocycles. The summed E-state index contributed by atoms with van der Waals surface area (Å²) in [5.41, 5.74) is -0.896. The Labute approximate surface area is 160 Å². The fourth-order valence-electron chi connectivity index (χ4n) is 3.20. The van der Waals surface area contributed by atoms with E-state index in [1.807, 2.05) is 4.90 Å². The Hall–Kier alpha value is -3.45. The highest BCUT2D eigenvalue weighted by molar-refractivity contribution is 5.78. The Morgan fingerprint density at radius 1 is 1.32 bits per heavy atom. The van der Waals surface area contributed by atoms with Crippen molar-refractivity contribution in [2.24, 2.45) is 0 Å². The molecule has 2 aromatic heterocycles. The third-order valence-electron chi connectivity index (χ3n) is 4.52. The minimum absolute atomic E-state index is 0.0693. The molecule has 28 heavy (non-hydrogen) atoms. The highest BCUT2D eigenvalue weighted by Crippen LogP contribution is 2.24. The molecule has 0 radical (unpaired) electrons. The Bertz CT molecular complexity index is 996. The van der Waals surface area contributed by atoms with Crippen LogP contribution >= 0.6 is 0 Å². The highest BCUT2D eigenvalue weighted by Gasteiger charge is 2.29. The zero-order chi connectivity index (χ0) is 20.1. The Kier molecular flexibility index (Phi) is 5.86. The minimum atomic E-state index is -0.708. The Balaban J connectivity index is 1.84. The first-order valence-corrected chi connectivity index (χ1v) is 8.84. The van der Waals surface area contributed by atoms with E-state index in [9.17, 15) is 19.7 Å². The van der Waals surface area contributed by atoms with Gasteiger partial charge in [0, 0.05) is 32.4 Å². The van der Waals surface area contributed by atoms with E-state index in [0.29, 0.717) is 38.2 Å². The van der Waals surface area contributed by atoms with E-state index in [1.165, 1.54) is 10.6 Å². The number of terminal acetylenes is 1. The molecule has 0 bridgehead atoms. The predicted molar refractivity (Wildman–Crippen MR) is 103 cm³/mol. The molecule has 0 saturated carbocycles. The van der Waals surface area contributed by atoms with Gasteiger partial charge in [0.05, 0.1) is 18.0 Å². The normalized spacial score (nSPS) is 15.0. The van der Waals surface area contributed by atoms with Gasteiger partial charge in [0.1, 0.15) is 5.65 Å². The minimum Gasteiger partial charge on any atom is -0.349 e. The summed E-state index contributed by atoms with van der Waals surface area (Å²) in [6.07, 6.45) is 7.27. The average molecular weight is 384 g/mol. The number of hydrogen-bond acceptors (Lipinski definition) is 7. The lowest BCUT2D eigenvalue weighted by Gasteiger charge is -2.22. The first kappa shape index (κ1) is 19.3. The first-order chi connectivity index (χ1) is 13.5. The van der Waals surface area contributed by atoms with Crippen LogP contribution in [-0.2, 0) is 4.79 Å². The predicted octanol–water partition coefficient (Wildman–Crippen LogP) is -0.136. The zero-order valence-electron chi connectivity index (χ0n) is 15.2. The topological polar surface area (TPSA) is 113 Å². The summed E-state index contributed by atoms with van der Waals surface area (Å²) in [6.45, 7) is 2.45. The molecule has 1 saturated heterocycles. The number of nitro groups is 1. The van der Waals surface area contributed by atoms with Crippen molar-refractivity contribution in [2.75, 3.05) is 44.2 Å². The third kappa shape index (κ3) is 4.10. The van der Waals surface area contributed by atoms with E-state index < -0.39 is 16.2 Å². The number of nitrogens with zero attached hydrogens (tertiary/aromatic N) is 5. The van der Waals surface area contributed by atoms with Crippen LogP contribution in [0.3, 0.4) is 0 Å². The van der Waals surface area contributed by atoms with E-state index in [-0.39, 0.29) is 24.8 Å². The second-order valence-corrected chi connectivity index (χ2v) is 6.37. The van der Waals surface area contributed by atoms with Gasteiger partial charge in [0.25, 0.3) is 0 Å². The molecule has 1 aliphatic heterocycles. The summed E-state index contributed by atoms with van der Waals surface area (Å²) < 4.78 is 1.17. The number of pyridine rings is 1. The first-order valence-electron chi connectivity index (χ1n) is 8.84. The van der Waals surface area contributed by atoms with Gasteiger partial charge in [-0.25, -0.2) is 4.98 Å². The van der Waals surface area contributed by atoms with E-state index in [4.69, 9.17) is 6.42 Å². The number of aromatic nitrogens is 2. The van der Waals surface area contributed by atoms with Gasteiger partial charge >= 0.3 is 11.2 Å². The fourth-order valence-corrected chi connectivity index (χ4v) is 3.20. The summed E-state index contributed by atoms with van der Waals surface area (Å²) in [5.74, 6) is 2.25. The quantitative estimate of drug-likeness (QED) is 0.434. The van der Waals surface area contributed by atoms with Crippen molar-refractivity contribution in [3.05, 3.63) is 44.9 Å². The molecule has 146 valence electrons. The van der Waals surface area contributed by atoms with Crippen LogP contribution in [0.15, 0.2) is 29.2 Å². The molecule has 0 aromatic carbocycles. The molecule has 10 heteroatoms. The molecular formula is C18H20N6O4. The third-order valence-corrected chi connectivity index (χ3v) is 4.52. The lowest BCUT2D eigenvalue weighted by Crippen LogP contribution is -2.39. The maximum Gasteiger partial charge on any atom is 0.376 e. The fraction of sp³-hybridized carbons (Fsp3) is 0.389. The smallest absolute Gasteiger partial charge is 0.349 e. The van der Waals surface area contributed by atoms with Crippen molar-refractivity contribution in [2.45, 2.75) is 6.42 Å². The maximum absolute atomic E-state index is 12.6. The van der Waals surface area contributed by atoms with Crippen molar-refractivity contribution in [3.8, 4) is 12.3 Å². The average Bonchev–Trinajstić information content (AvgIpc) is 2.91. The molecule has 0 spiro atoms. The van der Waals surface area contributed by atoms with Crippen LogP contribution < -0.4 is 15.8 Å². The van der Waals surface area contributed by atoms with Crippen molar-refractivity contribution >= 4 is 23.1 Å². The van der Waals surface area contributed by atoms with Gasteiger partial charge in [-0.2, -0.15) is 0 Å². The number of carbonyl (C=O) groups excluding carboxylic acids is 1. The van der Waals surface area contributed by atoms with E-state index in [2.05, 4.69) is 16.2 Å². The van der Waals surface area contributed by atoms with Crippen LogP contribution in [0, 0.1) is 22.5 Å². The molecule has 1 amide bonds. The highest BCUT2D eigenvalue weighted by atomic mass is 16.6. The van der Waals surface area contributed by atoms with Crippen LogP contribution in [0.2, 0.25) is 0 Å². The van der Waals surface area contributed by atoms with Gasteiger partial charge in [0.15, 0.2) is 0 Å². The van der Waals surface area contributed by atoms with Crippen molar-refractivity contribution in [3.63, 3.8) is 0 Å². The van der Waals surface area contributed by atoms with Crippen molar-refractivity contribution < 1.29 is 9.72 Å². The Morgan fingerprint density at radius 2 is 2.14 bits per heavy atom. The standard InChI is InChI=1S/C18H20N6O4/c1-2-7-19-15(25)13-21-8-5-9-22(12-11-21)17-16(24(27)28)18(26)23-10-4-3-6-14(23)20-17/h1,3-4,6,10H,5,7-9,11-13H2,(H,19,25). The number of amides is 1. The van der Waals surface area contributed by atoms with Gasteiger partial charge < -0.3 is 10.2 Å². The van der Waals surface area contributed by atoms with Crippen LogP contribution in [-0.4, -0.2) is 64.4 Å². The molecule has 0 unspecified atom stereocenters. The van der Waals surface area contributed by atoms with Gasteiger partial charge in [-0.05, 0) is 18.6 Å². The molecule has 1 fully saturated rings. The van der Waals surface area contributed by atoms with Gasteiger partial charge in [-0.1, -0.05) is 12.0 Å². The molecule has 1 aliphatic rings. The maximum atomic E-state index is 12.6. The number of nitrogens with one attached hydrogen (secondary N) is 1. The van der Waals surface area contributed by atoms with E-state index >= 15 is 0 Å². The summed E-state index contributed by atoms with van der Waals surface area (Å²) in [6, 6.07) is 4.97. The van der Waals surface area contributed by atoms with Crippen LogP contribution in [0.1, 0.15) is 6.42 Å². The Morgan fingerprint density at radius 3 is 2.89 bits per heavy atom. The largest absolute Gasteiger partial charge is 0.376 e. The second-order valence-electron chi connectivity index (χ2n) is 6.37. The monoisotopic (exact) mass is 384 g/mol. The molecule has 0 atom stereocenters. The van der Waals surface area contributed by atoms with E-state index in [1.54, 1.807) is 23.1 Å². The summed E-state index contributed by atoms with van der Waals surface area (Å²) in [4.78, 5) is 43.4. The van der Waals surface area contributed by atoms with Crippen molar-refractivity contribution in [1.29, 1.82) is 0 Å². The van der Waals surface area contributed by atoms with Crippen LogP contribution in [0.4, 0.5) is 11.5 Å². The summed E-state index contributed by atoms with van der Waals surface area (Å²) >= 11 is 0. The molecular weight excluding hydrogens is 364 g/mol. The number of rotatable bonds is 5. The lowest BCUT2D eigenvalue weighted by atomic mass is 10.3. The number of carbonyl (C=O) groups is 1. The second kappa shape index (κ2) is 8.49.